The standard InChI is InChI=1S/C22H28ClN5O3S/c1-16-4-9-20(26-32(3,30)31)14-24-21(15-27-10-12-28(13-11-27)17(2)29)22(25-16)18-5-7-19(23)8-6-18/h4-9,14,25-26H,10-13,15H2,1-3H3. The molecule has 0 unspecified atom stereocenters. The van der Waals surface area contributed by atoms with Crippen LogP contribution in [0.15, 0.2) is 42.6 Å². The quantitative estimate of drug-likeness (QED) is 0.689. The second-order valence-corrected chi connectivity index (χ2v) is 10.0. The van der Waals surface area contributed by atoms with Gasteiger partial charge in [0.25, 0.3) is 0 Å². The smallest absolute Gasteiger partial charge is 0.229 e. The fourth-order valence-electron chi connectivity index (χ4n) is 3.46. The van der Waals surface area contributed by atoms with Crippen LogP contribution < -0.4 is 4.72 Å². The van der Waals surface area contributed by atoms with E-state index in [1.54, 1.807) is 19.1 Å². The summed E-state index contributed by atoms with van der Waals surface area (Å²) in [5.74, 6) is 0.0789. The summed E-state index contributed by atoms with van der Waals surface area (Å²) >= 11 is 6.08. The van der Waals surface area contributed by atoms with Gasteiger partial charge in [-0.1, -0.05) is 23.7 Å². The highest BCUT2D eigenvalue weighted by molar-refractivity contribution is 7.92. The lowest BCUT2D eigenvalue weighted by molar-refractivity contribution is -0.130. The molecule has 1 aromatic carbocycles. The van der Waals surface area contributed by atoms with Crippen molar-refractivity contribution >= 4 is 33.2 Å². The van der Waals surface area contributed by atoms with Gasteiger partial charge in [0.2, 0.25) is 15.9 Å². The van der Waals surface area contributed by atoms with E-state index in [2.05, 4.69) is 19.6 Å². The van der Waals surface area contributed by atoms with Crippen LogP contribution in [0, 0.1) is 6.92 Å². The van der Waals surface area contributed by atoms with Crippen molar-refractivity contribution < 1.29 is 13.2 Å². The van der Waals surface area contributed by atoms with E-state index in [9.17, 15) is 13.2 Å². The van der Waals surface area contributed by atoms with Crippen LogP contribution in [0.3, 0.4) is 0 Å². The first kappa shape index (κ1) is 24.0. The molecular formula is C22H28ClN5O3S. The van der Waals surface area contributed by atoms with Gasteiger partial charge in [0.15, 0.2) is 0 Å². The fourth-order valence-corrected chi connectivity index (χ4v) is 4.14. The first-order valence-corrected chi connectivity index (χ1v) is 12.5. The molecule has 10 heteroatoms. The molecule has 1 aromatic heterocycles. The number of aromatic nitrogens is 2. The van der Waals surface area contributed by atoms with E-state index >= 15 is 0 Å². The summed E-state index contributed by atoms with van der Waals surface area (Å²) in [6.07, 6.45) is 2.63. The second-order valence-electron chi connectivity index (χ2n) is 7.84. The highest BCUT2D eigenvalue weighted by atomic mass is 35.5. The van der Waals surface area contributed by atoms with Crippen LogP contribution >= 0.6 is 11.6 Å². The molecule has 172 valence electrons. The minimum Gasteiger partial charge on any atom is -0.357 e. The number of piperazine rings is 1. The van der Waals surface area contributed by atoms with Gasteiger partial charge in [0, 0.05) is 50.4 Å². The molecule has 0 spiro atoms. The van der Waals surface area contributed by atoms with Crippen LogP contribution in [0.25, 0.3) is 11.3 Å². The van der Waals surface area contributed by atoms with Gasteiger partial charge in [0.05, 0.1) is 29.5 Å². The maximum atomic E-state index is 11.8. The van der Waals surface area contributed by atoms with Gasteiger partial charge < -0.3 is 9.88 Å². The van der Waals surface area contributed by atoms with Crippen molar-refractivity contribution in [2.75, 3.05) is 37.2 Å². The van der Waals surface area contributed by atoms with Crippen molar-refractivity contribution in [3.05, 3.63) is 59.0 Å². The zero-order valence-electron chi connectivity index (χ0n) is 18.4. The first-order chi connectivity index (χ1) is 15.1. The van der Waals surface area contributed by atoms with Crippen molar-refractivity contribution in [2.45, 2.75) is 20.4 Å². The third-order valence-electron chi connectivity index (χ3n) is 5.11. The normalized spacial score (nSPS) is 14.7. The lowest BCUT2D eigenvalue weighted by Gasteiger charge is -2.34. The van der Waals surface area contributed by atoms with Crippen molar-refractivity contribution in [3.63, 3.8) is 0 Å². The average Bonchev–Trinajstić information content (AvgIpc) is 2.79. The van der Waals surface area contributed by atoms with Crippen LogP contribution in [0.5, 0.6) is 0 Å². The Morgan fingerprint density at radius 1 is 1.12 bits per heavy atom. The number of H-pyrrole nitrogens is 1. The molecule has 1 fully saturated rings. The summed E-state index contributed by atoms with van der Waals surface area (Å²) in [4.78, 5) is 23.8. The summed E-state index contributed by atoms with van der Waals surface area (Å²) in [5.41, 5.74) is 3.67. The molecular weight excluding hydrogens is 450 g/mol. The number of amides is 1. The minimum absolute atomic E-state index is 0.0789. The van der Waals surface area contributed by atoms with Gasteiger partial charge in [-0.25, -0.2) is 8.42 Å². The number of aromatic amines is 1. The second kappa shape index (κ2) is 10.3. The van der Waals surface area contributed by atoms with Gasteiger partial charge in [-0.3, -0.25) is 19.4 Å². The Kier molecular flexibility index (Phi) is 7.76. The number of anilines is 1. The number of aryl methyl sites for hydroxylation is 1. The molecule has 2 N–H and O–H groups in total. The SMILES string of the molecule is CC(=O)N1CCN(Cc2ncc(NS(C)(=O)=O)ccc(C)[nH]c2-c2ccc(Cl)cc2)CC1. The molecule has 1 aliphatic rings. The maximum Gasteiger partial charge on any atom is 0.229 e. The van der Waals surface area contributed by atoms with Crippen LogP contribution in [-0.4, -0.2) is 66.5 Å². The molecule has 0 atom stereocenters. The molecule has 0 bridgehead atoms. The van der Waals surface area contributed by atoms with E-state index in [-0.39, 0.29) is 5.91 Å². The average molecular weight is 478 g/mol. The van der Waals surface area contributed by atoms with E-state index in [1.807, 2.05) is 36.1 Å². The maximum absolute atomic E-state index is 11.8. The number of halogens is 1. The van der Waals surface area contributed by atoms with Gasteiger partial charge in [0.1, 0.15) is 0 Å². The molecule has 1 amide bonds. The number of nitrogens with zero attached hydrogens (tertiary/aromatic N) is 3. The third kappa shape index (κ3) is 6.94. The highest BCUT2D eigenvalue weighted by Crippen LogP contribution is 2.23. The topological polar surface area (TPSA) is 98.4 Å². The molecule has 0 aliphatic carbocycles. The lowest BCUT2D eigenvalue weighted by atomic mass is 10.1. The van der Waals surface area contributed by atoms with Crippen LogP contribution in [0.1, 0.15) is 18.3 Å². The van der Waals surface area contributed by atoms with Gasteiger partial charge >= 0.3 is 0 Å². The van der Waals surface area contributed by atoms with Gasteiger partial charge in [-0.2, -0.15) is 0 Å². The molecule has 32 heavy (non-hydrogen) atoms. The Labute approximate surface area is 194 Å². The van der Waals surface area contributed by atoms with Crippen LogP contribution in [0.2, 0.25) is 5.02 Å². The third-order valence-corrected chi connectivity index (χ3v) is 5.97. The van der Waals surface area contributed by atoms with Gasteiger partial charge in [-0.05, 0) is 36.8 Å². The molecule has 3 rings (SSSR count). The predicted octanol–water partition coefficient (Wildman–Crippen LogP) is 3.20. The zero-order chi connectivity index (χ0) is 23.3. The van der Waals surface area contributed by atoms with E-state index in [1.165, 1.54) is 6.20 Å². The number of sulfonamides is 1. The van der Waals surface area contributed by atoms with Crippen molar-refractivity contribution in [2.24, 2.45) is 0 Å². The lowest BCUT2D eigenvalue weighted by Crippen LogP contribution is -2.47. The summed E-state index contributed by atoms with van der Waals surface area (Å²) in [6.45, 7) is 6.80. The molecule has 0 radical (unpaired) electrons. The van der Waals surface area contributed by atoms with E-state index in [0.29, 0.717) is 30.3 Å². The Morgan fingerprint density at radius 3 is 2.38 bits per heavy atom. The van der Waals surface area contributed by atoms with E-state index in [4.69, 9.17) is 11.6 Å². The molecule has 0 saturated carbocycles. The largest absolute Gasteiger partial charge is 0.357 e. The number of hydrogen-bond acceptors (Lipinski definition) is 5. The fraction of sp³-hybridized carbons (Fsp3) is 0.364. The van der Waals surface area contributed by atoms with Crippen LogP contribution in [0.4, 0.5) is 5.69 Å². The molecule has 1 saturated heterocycles. The van der Waals surface area contributed by atoms with Crippen molar-refractivity contribution in [1.29, 1.82) is 0 Å². The monoisotopic (exact) mass is 477 g/mol. The Bertz CT molecular complexity index is 1120. The summed E-state index contributed by atoms with van der Waals surface area (Å²) in [5, 5.41) is 0.636. The Morgan fingerprint density at radius 2 is 1.78 bits per heavy atom. The Balaban J connectivity index is 2.06. The molecule has 1 aliphatic heterocycles. The minimum atomic E-state index is -3.45. The van der Waals surface area contributed by atoms with Crippen LogP contribution in [-0.2, 0) is 21.4 Å². The van der Waals surface area contributed by atoms with Crippen molar-refractivity contribution in [1.82, 2.24) is 19.8 Å². The number of nitrogens with one attached hydrogen (secondary N) is 2. The zero-order valence-corrected chi connectivity index (χ0v) is 20.0. The molecule has 2 heterocycles. The number of benzene rings is 1. The van der Waals surface area contributed by atoms with Crippen molar-refractivity contribution in [3.8, 4) is 11.3 Å². The summed E-state index contributed by atoms with van der Waals surface area (Å²) in [7, 11) is -3.45. The molecule has 2 aromatic rings. The number of carbonyl (C=O) groups is 1. The predicted molar refractivity (Wildman–Crippen MR) is 127 cm³/mol. The number of rotatable bonds is 5. The number of carbonyl (C=O) groups excluding carboxylic acids is 1. The number of hydrogen-bond donors (Lipinski definition) is 2. The summed E-state index contributed by atoms with van der Waals surface area (Å²) in [6, 6.07) is 10.9. The highest BCUT2D eigenvalue weighted by Gasteiger charge is 2.20. The molecule has 8 nitrogen and oxygen atoms in total. The summed E-state index contributed by atoms with van der Waals surface area (Å²) < 4.78 is 26.0. The first-order valence-electron chi connectivity index (χ1n) is 10.2. The Hall–Kier alpha value is -2.62. The van der Waals surface area contributed by atoms with Gasteiger partial charge in [-0.15, -0.1) is 0 Å². The van der Waals surface area contributed by atoms with E-state index < -0.39 is 10.0 Å². The van der Waals surface area contributed by atoms with E-state index in [0.717, 1.165) is 42.0 Å².